The number of hydrogen-bond donors (Lipinski definition) is 2. The molecule has 0 aliphatic rings. The van der Waals surface area contributed by atoms with Gasteiger partial charge in [-0.15, -0.1) is 0 Å². The van der Waals surface area contributed by atoms with E-state index in [0.717, 1.165) is 12.0 Å². The third-order valence-electron chi connectivity index (χ3n) is 3.89. The minimum Gasteiger partial charge on any atom is -0.483 e. The molecule has 6 heteroatoms. The molecule has 2 aromatic carbocycles. The second-order valence-electron chi connectivity index (χ2n) is 6.11. The molecule has 0 heterocycles. The molecule has 2 amide bonds. The third kappa shape index (κ3) is 5.77. The van der Waals surface area contributed by atoms with Crippen LogP contribution in [0.15, 0.2) is 42.5 Å². The minimum absolute atomic E-state index is 0.0942. The summed E-state index contributed by atoms with van der Waals surface area (Å²) in [5.41, 5.74) is 1.90. The number of carbonyl (C=O) groups is 2. The maximum Gasteiger partial charge on any atom is 0.262 e. The quantitative estimate of drug-likeness (QED) is 0.763. The fraction of sp³-hybridized carbons (Fsp3) is 0.300. The highest BCUT2D eigenvalue weighted by Crippen LogP contribution is 2.21. The average Bonchev–Trinajstić information content (AvgIpc) is 2.61. The van der Waals surface area contributed by atoms with Crippen LogP contribution in [-0.2, 0) is 4.79 Å². The van der Waals surface area contributed by atoms with Crippen LogP contribution in [0.2, 0.25) is 5.02 Å². The van der Waals surface area contributed by atoms with E-state index in [2.05, 4.69) is 10.6 Å². The number of ether oxygens (including phenoxy) is 1. The predicted molar refractivity (Wildman–Crippen MR) is 104 cm³/mol. The number of hydrogen-bond acceptors (Lipinski definition) is 3. The first kappa shape index (κ1) is 19.8. The summed E-state index contributed by atoms with van der Waals surface area (Å²) in [6, 6.07) is 12.1. The summed E-state index contributed by atoms with van der Waals surface area (Å²) in [6.07, 6.45) is 0.851. The Morgan fingerprint density at radius 3 is 2.65 bits per heavy atom. The normalized spacial score (nSPS) is 11.5. The maximum absolute atomic E-state index is 12.2. The van der Waals surface area contributed by atoms with Gasteiger partial charge >= 0.3 is 0 Å². The number of nitrogens with one attached hydrogen (secondary N) is 2. The van der Waals surface area contributed by atoms with Gasteiger partial charge in [-0.2, -0.15) is 0 Å². The molecule has 0 radical (unpaired) electrons. The molecule has 2 N–H and O–H groups in total. The van der Waals surface area contributed by atoms with Crippen LogP contribution in [-0.4, -0.2) is 24.5 Å². The van der Waals surface area contributed by atoms with Gasteiger partial charge < -0.3 is 15.4 Å². The molecule has 5 nitrogen and oxygen atoms in total. The smallest absolute Gasteiger partial charge is 0.262 e. The van der Waals surface area contributed by atoms with Gasteiger partial charge in [-0.25, -0.2) is 0 Å². The summed E-state index contributed by atoms with van der Waals surface area (Å²) in [5, 5.41) is 6.25. The zero-order chi connectivity index (χ0) is 19.1. The van der Waals surface area contributed by atoms with Gasteiger partial charge in [0.05, 0.1) is 0 Å². The SMILES string of the molecule is CCC(C)NC(=O)c1cccc(NC(=O)COc2ccc(Cl)cc2C)c1. The molecule has 0 bridgehead atoms. The topological polar surface area (TPSA) is 67.4 Å². The summed E-state index contributed by atoms with van der Waals surface area (Å²) >= 11 is 5.90. The van der Waals surface area contributed by atoms with Crippen molar-refractivity contribution in [3.8, 4) is 5.75 Å². The van der Waals surface area contributed by atoms with Crippen molar-refractivity contribution in [2.75, 3.05) is 11.9 Å². The van der Waals surface area contributed by atoms with Crippen molar-refractivity contribution in [2.24, 2.45) is 0 Å². The van der Waals surface area contributed by atoms with E-state index in [-0.39, 0.29) is 24.5 Å². The zero-order valence-electron chi connectivity index (χ0n) is 15.1. The van der Waals surface area contributed by atoms with Crippen molar-refractivity contribution in [3.05, 3.63) is 58.6 Å². The average molecular weight is 375 g/mol. The molecular weight excluding hydrogens is 352 g/mol. The summed E-state index contributed by atoms with van der Waals surface area (Å²) in [6.45, 7) is 5.67. The first-order valence-electron chi connectivity index (χ1n) is 8.48. The molecule has 0 saturated heterocycles. The number of amides is 2. The van der Waals surface area contributed by atoms with Gasteiger partial charge in [0.2, 0.25) is 0 Å². The lowest BCUT2D eigenvalue weighted by atomic mass is 10.1. The third-order valence-corrected chi connectivity index (χ3v) is 4.13. The van der Waals surface area contributed by atoms with E-state index in [1.807, 2.05) is 20.8 Å². The molecule has 0 aliphatic carbocycles. The van der Waals surface area contributed by atoms with E-state index in [1.165, 1.54) is 0 Å². The Bertz CT molecular complexity index is 792. The van der Waals surface area contributed by atoms with Crippen LogP contribution in [0.1, 0.15) is 36.2 Å². The molecule has 26 heavy (non-hydrogen) atoms. The van der Waals surface area contributed by atoms with Crippen LogP contribution in [0.25, 0.3) is 0 Å². The van der Waals surface area contributed by atoms with Crippen LogP contribution >= 0.6 is 11.6 Å². The van der Waals surface area contributed by atoms with Crippen molar-refractivity contribution in [3.63, 3.8) is 0 Å². The number of carbonyl (C=O) groups excluding carboxylic acids is 2. The van der Waals surface area contributed by atoms with Gasteiger partial charge in [-0.3, -0.25) is 9.59 Å². The zero-order valence-corrected chi connectivity index (χ0v) is 15.9. The molecule has 0 aliphatic heterocycles. The number of anilines is 1. The van der Waals surface area contributed by atoms with E-state index in [0.29, 0.717) is 22.0 Å². The van der Waals surface area contributed by atoms with Gasteiger partial charge in [0.25, 0.3) is 11.8 Å². The molecule has 0 saturated carbocycles. The fourth-order valence-corrected chi connectivity index (χ4v) is 2.49. The van der Waals surface area contributed by atoms with Crippen molar-refractivity contribution < 1.29 is 14.3 Å². The van der Waals surface area contributed by atoms with E-state index in [4.69, 9.17) is 16.3 Å². The van der Waals surface area contributed by atoms with Crippen LogP contribution in [0.5, 0.6) is 5.75 Å². The molecule has 138 valence electrons. The molecule has 2 aromatic rings. The van der Waals surface area contributed by atoms with Crippen LogP contribution in [0.3, 0.4) is 0 Å². The largest absolute Gasteiger partial charge is 0.483 e. The Morgan fingerprint density at radius 1 is 1.19 bits per heavy atom. The number of halogens is 1. The lowest BCUT2D eigenvalue weighted by molar-refractivity contribution is -0.118. The molecule has 0 spiro atoms. The molecule has 0 aromatic heterocycles. The fourth-order valence-electron chi connectivity index (χ4n) is 2.26. The van der Waals surface area contributed by atoms with Gasteiger partial charge in [0.15, 0.2) is 6.61 Å². The first-order valence-corrected chi connectivity index (χ1v) is 8.86. The van der Waals surface area contributed by atoms with Crippen LogP contribution in [0.4, 0.5) is 5.69 Å². The van der Waals surface area contributed by atoms with Gasteiger partial charge in [-0.1, -0.05) is 24.6 Å². The van der Waals surface area contributed by atoms with Crippen LogP contribution in [0, 0.1) is 6.92 Å². The van der Waals surface area contributed by atoms with E-state index in [1.54, 1.807) is 42.5 Å². The Hall–Kier alpha value is -2.53. The number of rotatable bonds is 7. The van der Waals surface area contributed by atoms with Crippen molar-refractivity contribution in [2.45, 2.75) is 33.2 Å². The number of aryl methyl sites for hydroxylation is 1. The van der Waals surface area contributed by atoms with Gasteiger partial charge in [0, 0.05) is 22.3 Å². The van der Waals surface area contributed by atoms with Crippen molar-refractivity contribution >= 4 is 29.1 Å². The summed E-state index contributed by atoms with van der Waals surface area (Å²) < 4.78 is 5.52. The van der Waals surface area contributed by atoms with Gasteiger partial charge in [-0.05, 0) is 62.2 Å². The van der Waals surface area contributed by atoms with E-state index >= 15 is 0 Å². The molecule has 0 fully saturated rings. The highest BCUT2D eigenvalue weighted by atomic mass is 35.5. The molecule has 1 unspecified atom stereocenters. The van der Waals surface area contributed by atoms with E-state index in [9.17, 15) is 9.59 Å². The first-order chi connectivity index (χ1) is 12.4. The lowest BCUT2D eigenvalue weighted by Gasteiger charge is -2.13. The Morgan fingerprint density at radius 2 is 1.96 bits per heavy atom. The Balaban J connectivity index is 1.94. The highest BCUT2D eigenvalue weighted by molar-refractivity contribution is 6.30. The monoisotopic (exact) mass is 374 g/mol. The highest BCUT2D eigenvalue weighted by Gasteiger charge is 2.11. The van der Waals surface area contributed by atoms with Crippen LogP contribution < -0.4 is 15.4 Å². The molecular formula is C20H23ClN2O3. The Labute approximate surface area is 158 Å². The van der Waals surface area contributed by atoms with E-state index < -0.39 is 0 Å². The molecule has 1 atom stereocenters. The summed E-state index contributed by atoms with van der Waals surface area (Å²) in [5.74, 6) is 0.133. The molecule has 2 rings (SSSR count). The second-order valence-corrected chi connectivity index (χ2v) is 6.55. The van der Waals surface area contributed by atoms with Crippen molar-refractivity contribution in [1.29, 1.82) is 0 Å². The number of benzene rings is 2. The standard InChI is InChI=1S/C20H23ClN2O3/c1-4-14(3)22-20(25)15-6-5-7-17(11-15)23-19(24)12-26-18-9-8-16(21)10-13(18)2/h5-11,14H,4,12H2,1-3H3,(H,22,25)(H,23,24). The summed E-state index contributed by atoms with van der Waals surface area (Å²) in [7, 11) is 0. The Kier molecular flexibility index (Phi) is 7.04. The summed E-state index contributed by atoms with van der Waals surface area (Å²) in [4.78, 5) is 24.3. The minimum atomic E-state index is -0.307. The predicted octanol–water partition coefficient (Wildman–Crippen LogP) is 4.19. The lowest BCUT2D eigenvalue weighted by Crippen LogP contribution is -2.32. The maximum atomic E-state index is 12.2. The van der Waals surface area contributed by atoms with Gasteiger partial charge in [0.1, 0.15) is 5.75 Å². The van der Waals surface area contributed by atoms with Crippen molar-refractivity contribution in [1.82, 2.24) is 5.32 Å². The second kappa shape index (κ2) is 9.25.